The van der Waals surface area contributed by atoms with Crippen LogP contribution in [0.1, 0.15) is 45.1 Å². The number of carboxylic acid groups (broad SMARTS) is 1. The van der Waals surface area contributed by atoms with E-state index >= 15 is 0 Å². The summed E-state index contributed by atoms with van der Waals surface area (Å²) in [6.07, 6.45) is 4.04. The van der Waals surface area contributed by atoms with Gasteiger partial charge in [0.1, 0.15) is 0 Å². The Bertz CT molecular complexity index is 532. The monoisotopic (exact) mass is 321 g/mol. The van der Waals surface area contributed by atoms with Gasteiger partial charge in [0.15, 0.2) is 11.5 Å². The lowest BCUT2D eigenvalue weighted by atomic mass is 9.92. The zero-order valence-electron chi connectivity index (χ0n) is 14.0. The van der Waals surface area contributed by atoms with Gasteiger partial charge in [-0.3, -0.25) is 9.69 Å². The van der Waals surface area contributed by atoms with E-state index in [-0.39, 0.29) is 11.7 Å². The van der Waals surface area contributed by atoms with Crippen molar-refractivity contribution in [3.63, 3.8) is 0 Å². The third-order valence-electron chi connectivity index (χ3n) is 4.51. The number of phenols is 1. The molecule has 128 valence electrons. The molecule has 0 bridgehead atoms. The molecule has 2 N–H and O–H groups in total. The first-order chi connectivity index (χ1) is 11.0. The second-order valence-electron chi connectivity index (χ2n) is 6.33. The molecule has 1 fully saturated rings. The molecule has 5 heteroatoms. The van der Waals surface area contributed by atoms with Crippen LogP contribution in [0, 0.1) is 5.92 Å². The van der Waals surface area contributed by atoms with Crippen molar-refractivity contribution in [3.8, 4) is 11.5 Å². The normalized spacial score (nSPS) is 20.2. The summed E-state index contributed by atoms with van der Waals surface area (Å²) >= 11 is 0. The van der Waals surface area contributed by atoms with E-state index in [1.807, 2.05) is 19.1 Å². The third-order valence-corrected chi connectivity index (χ3v) is 4.51. The second-order valence-corrected chi connectivity index (χ2v) is 6.33. The molecule has 0 saturated carbocycles. The maximum absolute atomic E-state index is 11.1. The van der Waals surface area contributed by atoms with Crippen molar-refractivity contribution in [3.05, 3.63) is 23.8 Å². The van der Waals surface area contributed by atoms with Crippen LogP contribution in [0.2, 0.25) is 0 Å². The fraction of sp³-hybridized carbons (Fsp3) is 0.611. The molecule has 23 heavy (non-hydrogen) atoms. The first-order valence-corrected chi connectivity index (χ1v) is 8.42. The summed E-state index contributed by atoms with van der Waals surface area (Å²) in [6.45, 7) is 5.93. The van der Waals surface area contributed by atoms with Crippen molar-refractivity contribution in [2.24, 2.45) is 5.92 Å². The molecule has 0 aliphatic carbocycles. The van der Waals surface area contributed by atoms with Crippen molar-refractivity contribution in [2.45, 2.75) is 52.1 Å². The number of hydrogen-bond donors (Lipinski definition) is 2. The fourth-order valence-corrected chi connectivity index (χ4v) is 3.21. The lowest BCUT2D eigenvalue weighted by molar-refractivity contribution is -0.141. The van der Waals surface area contributed by atoms with Gasteiger partial charge in [-0.25, -0.2) is 0 Å². The molecule has 1 aromatic carbocycles. The zero-order chi connectivity index (χ0) is 16.8. The number of likely N-dealkylation sites (tertiary alicyclic amines) is 1. The number of carboxylic acids is 1. The van der Waals surface area contributed by atoms with Gasteiger partial charge in [0.25, 0.3) is 0 Å². The summed E-state index contributed by atoms with van der Waals surface area (Å²) in [5.74, 6) is -0.374. The summed E-state index contributed by atoms with van der Waals surface area (Å²) in [4.78, 5) is 13.5. The number of phenolic OH excluding ortho intramolecular Hbond substituents is 1. The van der Waals surface area contributed by atoms with E-state index < -0.39 is 5.97 Å². The summed E-state index contributed by atoms with van der Waals surface area (Å²) in [5, 5.41) is 19.0. The van der Waals surface area contributed by atoms with Gasteiger partial charge in [0.2, 0.25) is 0 Å². The van der Waals surface area contributed by atoms with Crippen LogP contribution >= 0.6 is 0 Å². The summed E-state index contributed by atoms with van der Waals surface area (Å²) in [6, 6.07) is 5.76. The zero-order valence-corrected chi connectivity index (χ0v) is 14.0. The van der Waals surface area contributed by atoms with Crippen molar-refractivity contribution >= 4 is 5.97 Å². The molecule has 1 aliphatic rings. The van der Waals surface area contributed by atoms with Crippen LogP contribution in [0.4, 0.5) is 0 Å². The number of rotatable bonds is 7. The average Bonchev–Trinajstić information content (AvgIpc) is 2.52. The maximum Gasteiger partial charge on any atom is 0.306 e. The highest BCUT2D eigenvalue weighted by atomic mass is 16.5. The first kappa shape index (κ1) is 17.6. The molecule has 0 spiro atoms. The number of aromatic hydroxyl groups is 1. The Labute approximate surface area is 137 Å². The predicted molar refractivity (Wildman–Crippen MR) is 88.7 cm³/mol. The molecule has 0 amide bonds. The standard InChI is InChI=1S/C18H27NO4/c1-3-23-17-11-14(7-8-16(17)20)12-19-9-5-4-6-15(19)10-13(2)18(21)22/h7-8,11,13,15,20H,3-6,9-10,12H2,1-2H3,(H,21,22). The van der Waals surface area contributed by atoms with Crippen LogP contribution in [0.5, 0.6) is 11.5 Å². The highest BCUT2D eigenvalue weighted by molar-refractivity contribution is 5.69. The van der Waals surface area contributed by atoms with Crippen LogP contribution in [-0.2, 0) is 11.3 Å². The van der Waals surface area contributed by atoms with Crippen LogP contribution < -0.4 is 4.74 Å². The summed E-state index contributed by atoms with van der Waals surface area (Å²) in [7, 11) is 0. The van der Waals surface area contributed by atoms with Crippen molar-refractivity contribution in [2.75, 3.05) is 13.2 Å². The molecule has 5 nitrogen and oxygen atoms in total. The van der Waals surface area contributed by atoms with Crippen LogP contribution in [0.3, 0.4) is 0 Å². The molecule has 0 aromatic heterocycles. The Balaban J connectivity index is 2.06. The molecule has 1 aliphatic heterocycles. The molecule has 2 unspecified atom stereocenters. The predicted octanol–water partition coefficient (Wildman–Crippen LogP) is 3.26. The van der Waals surface area contributed by atoms with Gasteiger partial charge < -0.3 is 14.9 Å². The number of aliphatic carboxylic acids is 1. The minimum absolute atomic E-state index is 0.158. The Morgan fingerprint density at radius 1 is 1.43 bits per heavy atom. The Morgan fingerprint density at radius 2 is 2.22 bits per heavy atom. The van der Waals surface area contributed by atoms with Gasteiger partial charge in [-0.2, -0.15) is 0 Å². The van der Waals surface area contributed by atoms with Crippen LogP contribution in [0.15, 0.2) is 18.2 Å². The maximum atomic E-state index is 11.1. The molecular formula is C18H27NO4. The molecule has 0 radical (unpaired) electrons. The lowest BCUT2D eigenvalue weighted by Gasteiger charge is -2.36. The van der Waals surface area contributed by atoms with E-state index in [1.54, 1.807) is 13.0 Å². The minimum Gasteiger partial charge on any atom is -0.504 e. The van der Waals surface area contributed by atoms with Crippen molar-refractivity contribution in [1.29, 1.82) is 0 Å². The summed E-state index contributed by atoms with van der Waals surface area (Å²) < 4.78 is 5.44. The number of benzene rings is 1. The van der Waals surface area contributed by atoms with E-state index in [0.717, 1.165) is 37.9 Å². The number of nitrogens with zero attached hydrogens (tertiary/aromatic N) is 1. The SMILES string of the molecule is CCOc1cc(CN2CCCCC2CC(C)C(=O)O)ccc1O. The van der Waals surface area contributed by atoms with Gasteiger partial charge in [-0.05, 0) is 50.4 Å². The van der Waals surface area contributed by atoms with Gasteiger partial charge in [-0.15, -0.1) is 0 Å². The van der Waals surface area contributed by atoms with E-state index in [2.05, 4.69) is 4.90 Å². The lowest BCUT2D eigenvalue weighted by Crippen LogP contribution is -2.40. The first-order valence-electron chi connectivity index (χ1n) is 8.42. The fourth-order valence-electron chi connectivity index (χ4n) is 3.21. The summed E-state index contributed by atoms with van der Waals surface area (Å²) in [5.41, 5.74) is 1.08. The minimum atomic E-state index is -0.723. The molecule has 1 aromatic rings. The Hall–Kier alpha value is -1.75. The number of piperidine rings is 1. The van der Waals surface area contributed by atoms with E-state index in [1.165, 1.54) is 0 Å². The van der Waals surface area contributed by atoms with Crippen molar-refractivity contribution in [1.82, 2.24) is 4.90 Å². The second kappa shape index (κ2) is 8.20. The van der Waals surface area contributed by atoms with E-state index in [9.17, 15) is 9.90 Å². The Kier molecular flexibility index (Phi) is 6.28. The molecule has 2 atom stereocenters. The van der Waals surface area contributed by atoms with Crippen LogP contribution in [-0.4, -0.2) is 40.3 Å². The number of hydrogen-bond acceptors (Lipinski definition) is 4. The number of ether oxygens (including phenoxy) is 1. The highest BCUT2D eigenvalue weighted by Crippen LogP contribution is 2.29. The van der Waals surface area contributed by atoms with E-state index in [4.69, 9.17) is 9.84 Å². The number of carbonyl (C=O) groups is 1. The topological polar surface area (TPSA) is 70.0 Å². The largest absolute Gasteiger partial charge is 0.504 e. The molecule has 2 rings (SSSR count). The van der Waals surface area contributed by atoms with Gasteiger partial charge in [0.05, 0.1) is 12.5 Å². The third kappa shape index (κ3) is 4.86. The van der Waals surface area contributed by atoms with Gasteiger partial charge >= 0.3 is 5.97 Å². The Morgan fingerprint density at radius 3 is 2.91 bits per heavy atom. The van der Waals surface area contributed by atoms with Crippen molar-refractivity contribution < 1.29 is 19.7 Å². The molecule has 1 saturated heterocycles. The van der Waals surface area contributed by atoms with Gasteiger partial charge in [-0.1, -0.05) is 19.4 Å². The quantitative estimate of drug-likeness (QED) is 0.806. The smallest absolute Gasteiger partial charge is 0.306 e. The molecule has 1 heterocycles. The highest BCUT2D eigenvalue weighted by Gasteiger charge is 2.26. The molecular weight excluding hydrogens is 294 g/mol. The average molecular weight is 321 g/mol. The van der Waals surface area contributed by atoms with Gasteiger partial charge in [0, 0.05) is 12.6 Å². The van der Waals surface area contributed by atoms with Crippen LogP contribution in [0.25, 0.3) is 0 Å². The van der Waals surface area contributed by atoms with E-state index in [0.29, 0.717) is 24.8 Å².